The second kappa shape index (κ2) is 10.0. The highest BCUT2D eigenvalue weighted by atomic mass is 35.5. The van der Waals surface area contributed by atoms with Crippen LogP contribution < -0.4 is 15.6 Å². The second-order valence-corrected chi connectivity index (χ2v) is 9.26. The number of ketones is 1. The highest BCUT2D eigenvalue weighted by Crippen LogP contribution is 2.21. The molecule has 0 N–H and O–H groups in total. The molecule has 9 heteroatoms. The van der Waals surface area contributed by atoms with E-state index in [0.717, 1.165) is 11.8 Å². The van der Waals surface area contributed by atoms with Crippen molar-refractivity contribution in [1.29, 1.82) is 0 Å². The first-order valence-electron chi connectivity index (χ1n) is 11.3. The van der Waals surface area contributed by atoms with Crippen LogP contribution in [0.15, 0.2) is 88.5 Å². The maximum Gasteiger partial charge on any atom is 0.296 e. The Hall–Kier alpha value is -3.81. The second-order valence-electron chi connectivity index (χ2n) is 8.39. The highest BCUT2D eigenvalue weighted by molar-refractivity contribution is 6.31. The number of piperazine rings is 1. The van der Waals surface area contributed by atoms with E-state index >= 15 is 0 Å². The smallest absolute Gasteiger partial charge is 0.296 e. The lowest BCUT2D eigenvalue weighted by molar-refractivity contribution is -0.114. The molecule has 3 aromatic carbocycles. The van der Waals surface area contributed by atoms with Crippen LogP contribution in [0.4, 0.5) is 5.69 Å². The first kappa shape index (κ1) is 23.9. The monoisotopic (exact) mass is 518 g/mol. The van der Waals surface area contributed by atoms with Gasteiger partial charge in [-0.15, -0.1) is 0 Å². The number of halogens is 2. The molecule has 0 spiro atoms. The third-order valence-electron chi connectivity index (χ3n) is 6.04. The molecule has 2 aliphatic heterocycles. The number of allylic oxidation sites excluding steroid dienone is 1. The summed E-state index contributed by atoms with van der Waals surface area (Å²) >= 11 is 12.0. The zero-order valence-corrected chi connectivity index (χ0v) is 20.5. The summed E-state index contributed by atoms with van der Waals surface area (Å²) in [5.74, 6) is -1.14. The van der Waals surface area contributed by atoms with Gasteiger partial charge >= 0.3 is 0 Å². The van der Waals surface area contributed by atoms with Gasteiger partial charge in [0.05, 0.1) is 10.7 Å². The molecule has 2 aliphatic rings. The minimum absolute atomic E-state index is 0.0568. The number of hydrogen-bond donors (Lipinski definition) is 0. The molecule has 7 nitrogen and oxygen atoms in total. The molecule has 0 aliphatic carbocycles. The summed E-state index contributed by atoms with van der Waals surface area (Å²) in [4.78, 5) is 50.5. The van der Waals surface area contributed by atoms with Crippen LogP contribution in [0.3, 0.4) is 0 Å². The van der Waals surface area contributed by atoms with Crippen LogP contribution >= 0.6 is 23.2 Å². The predicted octanol–water partition coefficient (Wildman–Crippen LogP) is 3.50. The molecule has 0 radical (unpaired) electrons. The molecular formula is C27H20Cl2N4O3. The van der Waals surface area contributed by atoms with Crippen LogP contribution in [0.5, 0.6) is 0 Å². The Morgan fingerprint density at radius 2 is 1.50 bits per heavy atom. The number of hydrogen-bond acceptors (Lipinski definition) is 5. The molecule has 1 fully saturated rings. The average molecular weight is 519 g/mol. The van der Waals surface area contributed by atoms with Crippen molar-refractivity contribution in [1.82, 2.24) is 4.90 Å². The minimum atomic E-state index is -0.635. The lowest BCUT2D eigenvalue weighted by Gasteiger charge is -2.36. The van der Waals surface area contributed by atoms with E-state index < -0.39 is 5.91 Å². The molecule has 0 atom stereocenters. The summed E-state index contributed by atoms with van der Waals surface area (Å²) in [7, 11) is 0. The van der Waals surface area contributed by atoms with Gasteiger partial charge in [-0.25, -0.2) is 9.98 Å². The number of rotatable bonds is 4. The van der Waals surface area contributed by atoms with E-state index in [2.05, 4.69) is 14.9 Å². The lowest BCUT2D eigenvalue weighted by atomic mass is 10.1. The van der Waals surface area contributed by atoms with Gasteiger partial charge in [-0.05, 0) is 60.7 Å². The average Bonchev–Trinajstić information content (AvgIpc) is 2.89. The normalized spacial score (nSPS) is 16.3. The topological polar surface area (TPSA) is 82.4 Å². The first-order valence-corrected chi connectivity index (χ1v) is 12.1. The van der Waals surface area contributed by atoms with Gasteiger partial charge < -0.3 is 9.80 Å². The van der Waals surface area contributed by atoms with E-state index in [1.165, 1.54) is 0 Å². The number of anilines is 1. The highest BCUT2D eigenvalue weighted by Gasteiger charge is 2.23. The quantitative estimate of drug-likeness (QED) is 0.391. The molecule has 2 heterocycles. The Balaban J connectivity index is 1.31. The fraction of sp³-hybridized carbons (Fsp3) is 0.148. The van der Waals surface area contributed by atoms with Gasteiger partial charge in [-0.2, -0.15) is 0 Å². The van der Waals surface area contributed by atoms with Crippen molar-refractivity contribution in [2.45, 2.75) is 0 Å². The summed E-state index contributed by atoms with van der Waals surface area (Å²) in [5, 5.41) is 1.91. The minimum Gasteiger partial charge on any atom is -0.368 e. The Labute approximate surface area is 217 Å². The zero-order chi connectivity index (χ0) is 25.2. The molecule has 0 unspecified atom stereocenters. The molecule has 2 amide bonds. The molecule has 1 saturated heterocycles. The number of amides is 2. The number of benzene rings is 3. The van der Waals surface area contributed by atoms with Crippen molar-refractivity contribution < 1.29 is 14.4 Å². The van der Waals surface area contributed by atoms with Crippen molar-refractivity contribution in [2.24, 2.45) is 9.98 Å². The van der Waals surface area contributed by atoms with Gasteiger partial charge in [0, 0.05) is 59.1 Å². The zero-order valence-electron chi connectivity index (χ0n) is 19.0. The number of carbonyl (C=O) groups excluding carboxylic acids is 3. The SMILES string of the molecule is O=C1N=c2cc(C(=O)N3CCN(c4cccc(Cl)c4)CC3)ccc2=N/C1=C\C(=O)c1ccc(Cl)cc1. The molecular weight excluding hydrogens is 499 g/mol. The molecule has 0 aromatic heterocycles. The molecule has 3 aromatic rings. The van der Waals surface area contributed by atoms with Crippen LogP contribution in [0.2, 0.25) is 10.0 Å². The standard InChI is InChI=1S/C27H20Cl2N4O3/c28-19-7-4-17(5-8-19)25(34)16-24-26(35)31-23-14-18(6-9-22(23)30-24)27(36)33-12-10-32(11-13-33)21-3-1-2-20(29)15-21/h1-9,14-16H,10-13H2/b24-16-. The molecule has 0 bridgehead atoms. The first-order chi connectivity index (χ1) is 17.4. The van der Waals surface area contributed by atoms with Crippen molar-refractivity contribution >= 4 is 46.5 Å². The van der Waals surface area contributed by atoms with E-state index in [1.54, 1.807) is 47.4 Å². The predicted molar refractivity (Wildman–Crippen MR) is 137 cm³/mol. The number of nitrogens with zero attached hydrogens (tertiary/aromatic N) is 4. The number of fused-ring (bicyclic) bond motifs is 1. The van der Waals surface area contributed by atoms with Gasteiger partial charge in [-0.1, -0.05) is 29.3 Å². The Kier molecular flexibility index (Phi) is 6.67. The maximum atomic E-state index is 13.1. The van der Waals surface area contributed by atoms with Gasteiger partial charge in [0.15, 0.2) is 5.78 Å². The number of carbonyl (C=O) groups is 3. The van der Waals surface area contributed by atoms with Crippen molar-refractivity contribution in [2.75, 3.05) is 31.1 Å². The molecule has 36 heavy (non-hydrogen) atoms. The molecule has 5 rings (SSSR count). The third kappa shape index (κ3) is 5.08. The van der Waals surface area contributed by atoms with E-state index in [1.807, 2.05) is 24.3 Å². The third-order valence-corrected chi connectivity index (χ3v) is 6.53. The van der Waals surface area contributed by atoms with E-state index in [-0.39, 0.29) is 17.4 Å². The summed E-state index contributed by atoms with van der Waals surface area (Å²) in [6, 6.07) is 18.9. The van der Waals surface area contributed by atoms with Crippen molar-refractivity contribution in [3.05, 3.63) is 110 Å². The van der Waals surface area contributed by atoms with Crippen LogP contribution in [0, 0.1) is 0 Å². The van der Waals surface area contributed by atoms with E-state index in [9.17, 15) is 14.4 Å². The summed E-state index contributed by atoms with van der Waals surface area (Å²) in [6.45, 7) is 2.49. The molecule has 180 valence electrons. The van der Waals surface area contributed by atoms with Gasteiger partial charge in [0.1, 0.15) is 5.70 Å². The van der Waals surface area contributed by atoms with Crippen LogP contribution in [0.1, 0.15) is 20.7 Å². The van der Waals surface area contributed by atoms with Gasteiger partial charge in [0.2, 0.25) is 0 Å². The van der Waals surface area contributed by atoms with E-state index in [0.29, 0.717) is 58.1 Å². The Bertz CT molecular complexity index is 1530. The summed E-state index contributed by atoms with van der Waals surface area (Å²) in [5.41, 5.74) is 1.79. The van der Waals surface area contributed by atoms with E-state index in [4.69, 9.17) is 23.2 Å². The van der Waals surface area contributed by atoms with Gasteiger partial charge in [0.25, 0.3) is 11.8 Å². The van der Waals surface area contributed by atoms with Crippen LogP contribution in [-0.2, 0) is 4.79 Å². The van der Waals surface area contributed by atoms with Crippen LogP contribution in [0.25, 0.3) is 0 Å². The fourth-order valence-corrected chi connectivity index (χ4v) is 4.43. The summed E-state index contributed by atoms with van der Waals surface area (Å²) in [6.07, 6.45) is 1.16. The van der Waals surface area contributed by atoms with Crippen LogP contribution in [-0.4, -0.2) is 48.7 Å². The van der Waals surface area contributed by atoms with Crippen molar-refractivity contribution in [3.63, 3.8) is 0 Å². The summed E-state index contributed by atoms with van der Waals surface area (Å²) < 4.78 is 0. The Morgan fingerprint density at radius 1 is 0.778 bits per heavy atom. The fourth-order valence-electron chi connectivity index (χ4n) is 4.12. The maximum absolute atomic E-state index is 13.1. The largest absolute Gasteiger partial charge is 0.368 e. The van der Waals surface area contributed by atoms with Gasteiger partial charge in [-0.3, -0.25) is 14.4 Å². The Morgan fingerprint density at radius 3 is 2.22 bits per heavy atom. The van der Waals surface area contributed by atoms with Crippen molar-refractivity contribution in [3.8, 4) is 0 Å². The molecule has 0 saturated carbocycles. The lowest BCUT2D eigenvalue weighted by Crippen LogP contribution is -2.49.